The van der Waals surface area contributed by atoms with Crippen molar-refractivity contribution < 1.29 is 14.6 Å². The highest BCUT2D eigenvalue weighted by molar-refractivity contribution is 5.76. The van der Waals surface area contributed by atoms with E-state index >= 15 is 0 Å². The number of nitrogens with one attached hydrogen (secondary N) is 1. The molecule has 0 aliphatic heterocycles. The summed E-state index contributed by atoms with van der Waals surface area (Å²) in [5, 5.41) is 19.9. The monoisotopic (exact) mass is 268 g/mol. The average molecular weight is 268 g/mol. The van der Waals surface area contributed by atoms with E-state index in [-0.39, 0.29) is 12.6 Å². The third kappa shape index (κ3) is 4.00. The van der Waals surface area contributed by atoms with Crippen molar-refractivity contribution in [2.75, 3.05) is 20.3 Å². The van der Waals surface area contributed by atoms with Gasteiger partial charge < -0.3 is 9.84 Å². The Morgan fingerprint density at radius 3 is 3.11 bits per heavy atom. The first kappa shape index (κ1) is 14.0. The van der Waals surface area contributed by atoms with Gasteiger partial charge in [0.2, 0.25) is 0 Å². The molecule has 1 aromatic rings. The van der Waals surface area contributed by atoms with Crippen molar-refractivity contribution in [1.82, 2.24) is 20.3 Å². The maximum Gasteiger partial charge on any atom is 0.329 e. The highest BCUT2D eigenvalue weighted by Gasteiger charge is 2.28. The number of aliphatic hydroxyl groups is 1. The molecule has 1 saturated carbocycles. The summed E-state index contributed by atoms with van der Waals surface area (Å²) in [4.78, 5) is 11.8. The SMILES string of the molecule is COC(=O)C(NCC1CC1)c1cn(CCCO)nn1. The van der Waals surface area contributed by atoms with E-state index in [1.807, 2.05) is 0 Å². The van der Waals surface area contributed by atoms with Crippen molar-refractivity contribution in [2.24, 2.45) is 5.92 Å². The molecule has 106 valence electrons. The molecule has 7 nitrogen and oxygen atoms in total. The summed E-state index contributed by atoms with van der Waals surface area (Å²) in [6, 6.07) is -0.562. The van der Waals surface area contributed by atoms with Gasteiger partial charge in [0.05, 0.1) is 13.3 Å². The zero-order chi connectivity index (χ0) is 13.7. The van der Waals surface area contributed by atoms with Crippen LogP contribution in [0.25, 0.3) is 0 Å². The maximum atomic E-state index is 11.8. The molecule has 1 aliphatic rings. The second kappa shape index (κ2) is 6.63. The van der Waals surface area contributed by atoms with E-state index < -0.39 is 6.04 Å². The topological polar surface area (TPSA) is 89.3 Å². The van der Waals surface area contributed by atoms with Gasteiger partial charge in [0.15, 0.2) is 6.04 Å². The molecule has 0 spiro atoms. The van der Waals surface area contributed by atoms with Crippen molar-refractivity contribution in [3.8, 4) is 0 Å². The van der Waals surface area contributed by atoms with E-state index in [0.717, 1.165) is 6.54 Å². The molecule has 19 heavy (non-hydrogen) atoms. The Morgan fingerprint density at radius 1 is 1.68 bits per heavy atom. The Balaban J connectivity index is 1.98. The van der Waals surface area contributed by atoms with Crippen LogP contribution in [0.15, 0.2) is 6.20 Å². The van der Waals surface area contributed by atoms with Crippen LogP contribution < -0.4 is 5.32 Å². The molecule has 1 heterocycles. The van der Waals surface area contributed by atoms with Crippen LogP contribution in [0.3, 0.4) is 0 Å². The zero-order valence-corrected chi connectivity index (χ0v) is 11.1. The number of aliphatic hydroxyl groups excluding tert-OH is 1. The van der Waals surface area contributed by atoms with Crippen LogP contribution >= 0.6 is 0 Å². The van der Waals surface area contributed by atoms with Gasteiger partial charge in [0.1, 0.15) is 5.69 Å². The van der Waals surface area contributed by atoms with E-state index in [9.17, 15) is 4.79 Å². The summed E-state index contributed by atoms with van der Waals surface area (Å²) < 4.78 is 6.42. The highest BCUT2D eigenvalue weighted by atomic mass is 16.5. The van der Waals surface area contributed by atoms with Crippen molar-refractivity contribution in [1.29, 1.82) is 0 Å². The minimum atomic E-state index is -0.562. The van der Waals surface area contributed by atoms with Crippen molar-refractivity contribution >= 4 is 5.97 Å². The molecule has 2 N–H and O–H groups in total. The zero-order valence-electron chi connectivity index (χ0n) is 11.1. The fourth-order valence-corrected chi connectivity index (χ4v) is 1.82. The number of carbonyl (C=O) groups excluding carboxylic acids is 1. The van der Waals surface area contributed by atoms with Gasteiger partial charge in [-0.25, -0.2) is 4.79 Å². The van der Waals surface area contributed by atoms with Gasteiger partial charge in [-0.3, -0.25) is 10.00 Å². The summed E-state index contributed by atoms with van der Waals surface area (Å²) >= 11 is 0. The maximum absolute atomic E-state index is 11.8. The molecule has 0 amide bonds. The van der Waals surface area contributed by atoms with E-state index in [4.69, 9.17) is 9.84 Å². The molecule has 1 aliphatic carbocycles. The summed E-state index contributed by atoms with van der Waals surface area (Å²) in [5.41, 5.74) is 0.561. The Kier molecular flexibility index (Phi) is 4.86. The van der Waals surface area contributed by atoms with E-state index in [1.165, 1.54) is 20.0 Å². The number of carbonyl (C=O) groups is 1. The number of ether oxygens (including phenoxy) is 1. The molecule has 1 aromatic heterocycles. The summed E-state index contributed by atoms with van der Waals surface area (Å²) in [7, 11) is 1.37. The lowest BCUT2D eigenvalue weighted by molar-refractivity contribution is -0.143. The molecule has 0 bridgehead atoms. The lowest BCUT2D eigenvalue weighted by atomic mass is 10.2. The van der Waals surface area contributed by atoms with Gasteiger partial charge in [0.25, 0.3) is 0 Å². The fourth-order valence-electron chi connectivity index (χ4n) is 1.82. The van der Waals surface area contributed by atoms with Crippen LogP contribution in [-0.2, 0) is 16.1 Å². The van der Waals surface area contributed by atoms with Gasteiger partial charge in [-0.05, 0) is 31.7 Å². The Hall–Kier alpha value is -1.47. The Labute approximate surface area is 111 Å². The first-order valence-corrected chi connectivity index (χ1v) is 6.56. The van der Waals surface area contributed by atoms with Crippen LogP contribution in [0.5, 0.6) is 0 Å². The van der Waals surface area contributed by atoms with E-state index in [2.05, 4.69) is 15.6 Å². The molecule has 1 fully saturated rings. The van der Waals surface area contributed by atoms with Crippen LogP contribution in [-0.4, -0.2) is 46.3 Å². The molecule has 2 rings (SSSR count). The molecule has 0 saturated heterocycles. The predicted molar refractivity (Wildman–Crippen MR) is 67.2 cm³/mol. The Bertz CT molecular complexity index is 417. The first-order chi connectivity index (χ1) is 9.24. The number of rotatable bonds is 8. The fraction of sp³-hybridized carbons (Fsp3) is 0.750. The third-order valence-corrected chi connectivity index (χ3v) is 3.14. The van der Waals surface area contributed by atoms with Gasteiger partial charge >= 0.3 is 5.97 Å². The number of aromatic nitrogens is 3. The largest absolute Gasteiger partial charge is 0.468 e. The average Bonchev–Trinajstić information content (AvgIpc) is 3.14. The molecule has 0 aromatic carbocycles. The molecule has 0 radical (unpaired) electrons. The summed E-state index contributed by atoms with van der Waals surface area (Å²) in [6.07, 6.45) is 4.76. The van der Waals surface area contributed by atoms with Crippen LogP contribution in [0.1, 0.15) is 31.0 Å². The van der Waals surface area contributed by atoms with Gasteiger partial charge in [-0.1, -0.05) is 5.21 Å². The van der Waals surface area contributed by atoms with Gasteiger partial charge in [0, 0.05) is 13.2 Å². The van der Waals surface area contributed by atoms with Crippen molar-refractivity contribution in [3.63, 3.8) is 0 Å². The number of nitrogens with zero attached hydrogens (tertiary/aromatic N) is 3. The summed E-state index contributed by atoms with van der Waals surface area (Å²) in [5.74, 6) is 0.312. The normalized spacial score (nSPS) is 16.3. The second-order valence-electron chi connectivity index (χ2n) is 4.79. The van der Waals surface area contributed by atoms with Crippen LogP contribution in [0.4, 0.5) is 0 Å². The summed E-state index contributed by atoms with van der Waals surface area (Å²) in [6.45, 7) is 1.48. The smallest absolute Gasteiger partial charge is 0.329 e. The molecular weight excluding hydrogens is 248 g/mol. The van der Waals surface area contributed by atoms with E-state index in [1.54, 1.807) is 10.9 Å². The standard InChI is InChI=1S/C12H20N4O3/c1-19-12(18)11(13-7-9-3-4-9)10-8-16(15-14-10)5-2-6-17/h8-9,11,13,17H,2-7H2,1H3. The van der Waals surface area contributed by atoms with Crippen LogP contribution in [0, 0.1) is 5.92 Å². The van der Waals surface area contributed by atoms with Crippen molar-refractivity contribution in [3.05, 3.63) is 11.9 Å². The van der Waals surface area contributed by atoms with Crippen molar-refractivity contribution in [2.45, 2.75) is 31.8 Å². The predicted octanol–water partition coefficient (Wildman–Crippen LogP) is -0.126. The number of hydrogen-bond acceptors (Lipinski definition) is 6. The number of esters is 1. The van der Waals surface area contributed by atoms with Crippen LogP contribution in [0.2, 0.25) is 0 Å². The van der Waals surface area contributed by atoms with Gasteiger partial charge in [-0.2, -0.15) is 0 Å². The highest BCUT2D eigenvalue weighted by Crippen LogP contribution is 2.28. The quantitative estimate of drug-likeness (QED) is 0.639. The Morgan fingerprint density at radius 2 is 2.47 bits per heavy atom. The minimum absolute atomic E-state index is 0.107. The lowest BCUT2D eigenvalue weighted by Gasteiger charge is -2.13. The lowest BCUT2D eigenvalue weighted by Crippen LogP contribution is -2.31. The first-order valence-electron chi connectivity index (χ1n) is 6.56. The molecule has 1 unspecified atom stereocenters. The molecule has 1 atom stereocenters. The number of methoxy groups -OCH3 is 1. The minimum Gasteiger partial charge on any atom is -0.468 e. The number of hydrogen-bond donors (Lipinski definition) is 2. The third-order valence-electron chi connectivity index (χ3n) is 3.14. The molecular formula is C12H20N4O3. The number of aryl methyl sites for hydroxylation is 1. The second-order valence-corrected chi connectivity index (χ2v) is 4.79. The van der Waals surface area contributed by atoms with Gasteiger partial charge in [-0.15, -0.1) is 5.10 Å². The van der Waals surface area contributed by atoms with E-state index in [0.29, 0.717) is 24.6 Å². The molecule has 7 heteroatoms.